The molecule has 17 heavy (non-hydrogen) atoms. The molecule has 2 rings (SSSR count). The highest BCUT2D eigenvalue weighted by atomic mass is 16.5. The number of carbonyl (C=O) groups is 1. The molecule has 0 bridgehead atoms. The maximum absolute atomic E-state index is 10.7. The first-order chi connectivity index (χ1) is 8.16. The molecule has 0 saturated carbocycles. The lowest BCUT2D eigenvalue weighted by atomic mass is 10.0. The lowest BCUT2D eigenvalue weighted by molar-refractivity contribution is -0.140. The highest BCUT2D eigenvalue weighted by Gasteiger charge is 2.17. The fraction of sp³-hybridized carbons (Fsp3) is 0.462. The second kappa shape index (κ2) is 5.08. The van der Waals surface area contributed by atoms with E-state index in [-0.39, 0.29) is 11.7 Å². The first-order valence-electron chi connectivity index (χ1n) is 5.87. The summed E-state index contributed by atoms with van der Waals surface area (Å²) in [6.45, 7) is 3.42. The standard InChI is InChI=1S/C13H17NO3/c1-10(15)17-8-7-14-6-2-3-11-4-5-12(16)9-13(11)14/h4-5,9,16H,2-3,6-8H2,1H3. The highest BCUT2D eigenvalue weighted by molar-refractivity contribution is 5.66. The summed E-state index contributed by atoms with van der Waals surface area (Å²) in [5.41, 5.74) is 2.31. The predicted octanol–water partition coefficient (Wildman–Crippen LogP) is 1.71. The van der Waals surface area contributed by atoms with Crippen molar-refractivity contribution in [3.63, 3.8) is 0 Å². The number of hydrogen-bond donors (Lipinski definition) is 1. The van der Waals surface area contributed by atoms with E-state index in [4.69, 9.17) is 4.74 Å². The Bertz CT molecular complexity index is 417. The fourth-order valence-corrected chi connectivity index (χ4v) is 2.17. The van der Waals surface area contributed by atoms with Gasteiger partial charge in [-0.15, -0.1) is 0 Å². The van der Waals surface area contributed by atoms with Crippen LogP contribution in [0.5, 0.6) is 5.75 Å². The van der Waals surface area contributed by atoms with Crippen LogP contribution in [0.2, 0.25) is 0 Å². The molecular weight excluding hydrogens is 218 g/mol. The van der Waals surface area contributed by atoms with Crippen molar-refractivity contribution in [2.24, 2.45) is 0 Å². The minimum absolute atomic E-state index is 0.252. The van der Waals surface area contributed by atoms with E-state index in [1.807, 2.05) is 6.07 Å². The van der Waals surface area contributed by atoms with Gasteiger partial charge in [-0.25, -0.2) is 0 Å². The predicted molar refractivity (Wildman–Crippen MR) is 65.3 cm³/mol. The van der Waals surface area contributed by atoms with Gasteiger partial charge in [0.05, 0.1) is 6.54 Å². The maximum atomic E-state index is 10.7. The second-order valence-corrected chi connectivity index (χ2v) is 4.24. The zero-order chi connectivity index (χ0) is 12.3. The molecule has 1 aromatic rings. The number of hydrogen-bond acceptors (Lipinski definition) is 4. The smallest absolute Gasteiger partial charge is 0.302 e. The molecule has 0 aromatic heterocycles. The summed E-state index contributed by atoms with van der Waals surface area (Å²) in [4.78, 5) is 12.9. The van der Waals surface area contributed by atoms with E-state index in [1.54, 1.807) is 12.1 Å². The number of fused-ring (bicyclic) bond motifs is 1. The van der Waals surface area contributed by atoms with Gasteiger partial charge in [0, 0.05) is 25.2 Å². The monoisotopic (exact) mass is 235 g/mol. The molecule has 1 aromatic carbocycles. The van der Waals surface area contributed by atoms with Gasteiger partial charge in [0.2, 0.25) is 0 Å². The number of anilines is 1. The quantitative estimate of drug-likeness (QED) is 0.810. The van der Waals surface area contributed by atoms with Crippen molar-refractivity contribution < 1.29 is 14.6 Å². The Morgan fingerprint density at radius 2 is 2.35 bits per heavy atom. The molecule has 0 radical (unpaired) electrons. The third kappa shape index (κ3) is 2.90. The van der Waals surface area contributed by atoms with E-state index < -0.39 is 0 Å². The molecule has 0 aliphatic carbocycles. The molecule has 0 saturated heterocycles. The Morgan fingerprint density at radius 1 is 1.53 bits per heavy atom. The lowest BCUT2D eigenvalue weighted by Crippen LogP contribution is -2.32. The molecule has 0 unspecified atom stereocenters. The van der Waals surface area contributed by atoms with Crippen molar-refractivity contribution in [2.45, 2.75) is 19.8 Å². The van der Waals surface area contributed by atoms with Gasteiger partial charge in [-0.3, -0.25) is 4.79 Å². The highest BCUT2D eigenvalue weighted by Crippen LogP contribution is 2.30. The molecule has 0 amide bonds. The number of benzene rings is 1. The van der Waals surface area contributed by atoms with E-state index in [0.29, 0.717) is 13.2 Å². The number of aryl methyl sites for hydroxylation is 1. The Balaban J connectivity index is 2.05. The number of nitrogens with zero attached hydrogens (tertiary/aromatic N) is 1. The summed E-state index contributed by atoms with van der Waals surface area (Å²) >= 11 is 0. The topological polar surface area (TPSA) is 49.8 Å². The minimum Gasteiger partial charge on any atom is -0.508 e. The zero-order valence-electron chi connectivity index (χ0n) is 9.98. The summed E-state index contributed by atoms with van der Waals surface area (Å²) in [7, 11) is 0. The van der Waals surface area contributed by atoms with Crippen LogP contribution in [0, 0.1) is 0 Å². The van der Waals surface area contributed by atoms with Crippen LogP contribution < -0.4 is 4.90 Å². The van der Waals surface area contributed by atoms with Crippen molar-refractivity contribution in [2.75, 3.05) is 24.6 Å². The Hall–Kier alpha value is -1.71. The van der Waals surface area contributed by atoms with Crippen LogP contribution in [0.25, 0.3) is 0 Å². The van der Waals surface area contributed by atoms with Gasteiger partial charge >= 0.3 is 5.97 Å². The fourth-order valence-electron chi connectivity index (χ4n) is 2.17. The van der Waals surface area contributed by atoms with Crippen molar-refractivity contribution >= 4 is 11.7 Å². The summed E-state index contributed by atoms with van der Waals surface area (Å²) in [6.07, 6.45) is 2.14. The van der Waals surface area contributed by atoms with E-state index in [1.165, 1.54) is 12.5 Å². The third-order valence-electron chi connectivity index (χ3n) is 2.95. The van der Waals surface area contributed by atoms with Gasteiger partial charge in [-0.2, -0.15) is 0 Å². The summed E-state index contributed by atoms with van der Waals surface area (Å²) in [6, 6.07) is 5.46. The van der Waals surface area contributed by atoms with E-state index >= 15 is 0 Å². The number of carbonyl (C=O) groups excluding carboxylic acids is 1. The van der Waals surface area contributed by atoms with E-state index in [9.17, 15) is 9.90 Å². The summed E-state index contributed by atoms with van der Waals surface area (Å²) < 4.78 is 4.95. The van der Waals surface area contributed by atoms with Crippen LogP contribution >= 0.6 is 0 Å². The summed E-state index contributed by atoms with van der Waals surface area (Å²) in [5.74, 6) is 0.0290. The molecule has 1 heterocycles. The van der Waals surface area contributed by atoms with Crippen LogP contribution in [0.1, 0.15) is 18.9 Å². The number of rotatable bonds is 3. The molecule has 92 valence electrons. The van der Waals surface area contributed by atoms with Crippen LogP contribution in [0.15, 0.2) is 18.2 Å². The molecule has 4 heteroatoms. The van der Waals surface area contributed by atoms with Gasteiger partial charge in [0.25, 0.3) is 0 Å². The molecule has 0 atom stereocenters. The Morgan fingerprint density at radius 3 is 3.12 bits per heavy atom. The van der Waals surface area contributed by atoms with Crippen LogP contribution in [0.4, 0.5) is 5.69 Å². The van der Waals surface area contributed by atoms with Crippen molar-refractivity contribution in [1.82, 2.24) is 0 Å². The zero-order valence-corrected chi connectivity index (χ0v) is 9.98. The normalized spacial score (nSPS) is 14.3. The minimum atomic E-state index is -0.252. The van der Waals surface area contributed by atoms with Gasteiger partial charge in [0.15, 0.2) is 0 Å². The number of esters is 1. The molecule has 1 aliphatic rings. The average Bonchev–Trinajstić information content (AvgIpc) is 2.29. The SMILES string of the molecule is CC(=O)OCCN1CCCc2ccc(O)cc21. The number of phenols is 1. The average molecular weight is 235 g/mol. The molecule has 1 aliphatic heterocycles. The van der Waals surface area contributed by atoms with Crippen molar-refractivity contribution in [1.29, 1.82) is 0 Å². The molecular formula is C13H17NO3. The van der Waals surface area contributed by atoms with E-state index in [0.717, 1.165) is 25.1 Å². The number of phenolic OH excluding ortho intramolecular Hbond substituents is 1. The Kier molecular flexibility index (Phi) is 3.52. The molecule has 1 N–H and O–H groups in total. The van der Waals surface area contributed by atoms with Crippen molar-refractivity contribution in [3.8, 4) is 5.75 Å². The Labute approximate surface area is 101 Å². The third-order valence-corrected chi connectivity index (χ3v) is 2.95. The van der Waals surface area contributed by atoms with Gasteiger partial charge in [-0.1, -0.05) is 6.07 Å². The largest absolute Gasteiger partial charge is 0.508 e. The van der Waals surface area contributed by atoms with Crippen LogP contribution in [0.3, 0.4) is 0 Å². The maximum Gasteiger partial charge on any atom is 0.302 e. The second-order valence-electron chi connectivity index (χ2n) is 4.24. The van der Waals surface area contributed by atoms with Gasteiger partial charge in [0.1, 0.15) is 12.4 Å². The number of aromatic hydroxyl groups is 1. The van der Waals surface area contributed by atoms with Gasteiger partial charge in [-0.05, 0) is 24.5 Å². The van der Waals surface area contributed by atoms with Crippen LogP contribution in [-0.4, -0.2) is 30.8 Å². The molecule has 4 nitrogen and oxygen atoms in total. The van der Waals surface area contributed by atoms with E-state index in [2.05, 4.69) is 4.90 Å². The number of ether oxygens (including phenoxy) is 1. The molecule has 0 spiro atoms. The summed E-state index contributed by atoms with van der Waals surface area (Å²) in [5, 5.41) is 9.51. The first kappa shape index (κ1) is 11.8. The van der Waals surface area contributed by atoms with Crippen molar-refractivity contribution in [3.05, 3.63) is 23.8 Å². The van der Waals surface area contributed by atoms with Gasteiger partial charge < -0.3 is 14.7 Å². The van der Waals surface area contributed by atoms with Crippen LogP contribution in [-0.2, 0) is 16.0 Å². The first-order valence-corrected chi connectivity index (χ1v) is 5.87. The lowest BCUT2D eigenvalue weighted by Gasteiger charge is -2.31. The molecule has 0 fully saturated rings.